The second kappa shape index (κ2) is 10.4. The Labute approximate surface area is 235 Å². The van der Waals surface area contributed by atoms with Crippen molar-refractivity contribution in [3.05, 3.63) is 144 Å². The molecule has 0 fully saturated rings. The summed E-state index contributed by atoms with van der Waals surface area (Å²) in [5.74, 6) is -0.705. The zero-order valence-corrected chi connectivity index (χ0v) is 23.1. The Morgan fingerprint density at radius 3 is 2.02 bits per heavy atom. The van der Waals surface area contributed by atoms with Gasteiger partial charge in [-0.25, -0.2) is 8.78 Å². The number of hydrogen-bond acceptors (Lipinski definition) is 1. The van der Waals surface area contributed by atoms with Crippen molar-refractivity contribution < 1.29 is 8.78 Å². The Morgan fingerprint density at radius 1 is 0.675 bits per heavy atom. The fourth-order valence-corrected chi connectivity index (χ4v) is 6.44. The molecule has 5 aromatic rings. The molecule has 0 aliphatic heterocycles. The number of alkyl halides is 1. The van der Waals surface area contributed by atoms with Crippen LogP contribution in [0.2, 0.25) is 0 Å². The van der Waals surface area contributed by atoms with E-state index in [9.17, 15) is 4.39 Å². The van der Waals surface area contributed by atoms with E-state index in [-0.39, 0.29) is 11.7 Å². The molecule has 0 saturated carbocycles. The first-order valence-electron chi connectivity index (χ1n) is 13.9. The lowest BCUT2D eigenvalue weighted by molar-refractivity contribution is 0.179. The SMILES string of the molecule is CC1C(c2ccccc2)=CC(C)(c2ccc(-c3ccc4ccccc4c3)cc2)C(N(C)c2ccccc2F)C1F. The molecule has 5 aromatic carbocycles. The second-order valence-electron chi connectivity index (χ2n) is 11.1. The minimum absolute atomic E-state index is 0.350. The molecule has 0 heterocycles. The van der Waals surface area contributed by atoms with Crippen LogP contribution < -0.4 is 4.90 Å². The Balaban J connectivity index is 1.47. The van der Waals surface area contributed by atoms with E-state index in [1.54, 1.807) is 23.1 Å². The third kappa shape index (κ3) is 4.50. The van der Waals surface area contributed by atoms with Gasteiger partial charge in [0, 0.05) is 18.4 Å². The molecule has 1 aliphatic rings. The molecule has 1 aliphatic carbocycles. The van der Waals surface area contributed by atoms with Gasteiger partial charge in [0.2, 0.25) is 0 Å². The summed E-state index contributed by atoms with van der Waals surface area (Å²) in [6, 6.07) is 39.3. The van der Waals surface area contributed by atoms with E-state index in [0.717, 1.165) is 27.8 Å². The summed E-state index contributed by atoms with van der Waals surface area (Å²) in [4.78, 5) is 1.80. The lowest BCUT2D eigenvalue weighted by Gasteiger charge is -2.49. The van der Waals surface area contributed by atoms with E-state index in [0.29, 0.717) is 5.69 Å². The highest BCUT2D eigenvalue weighted by Crippen LogP contribution is 2.48. The van der Waals surface area contributed by atoms with Gasteiger partial charge in [-0.3, -0.25) is 0 Å². The summed E-state index contributed by atoms with van der Waals surface area (Å²) in [5, 5.41) is 2.40. The van der Waals surface area contributed by atoms with Crippen molar-refractivity contribution in [3.8, 4) is 11.1 Å². The van der Waals surface area contributed by atoms with Crippen molar-refractivity contribution in [2.75, 3.05) is 11.9 Å². The lowest BCUT2D eigenvalue weighted by Crippen LogP contribution is -2.57. The minimum atomic E-state index is -1.23. The molecule has 200 valence electrons. The number of allylic oxidation sites excluding steroid dienone is 1. The number of fused-ring (bicyclic) bond motifs is 1. The van der Waals surface area contributed by atoms with Gasteiger partial charge in [-0.05, 0) is 63.7 Å². The zero-order chi connectivity index (χ0) is 27.9. The smallest absolute Gasteiger partial charge is 0.146 e. The van der Waals surface area contributed by atoms with Crippen LogP contribution in [0.25, 0.3) is 27.5 Å². The number of nitrogens with zero attached hydrogens (tertiary/aromatic N) is 1. The summed E-state index contributed by atoms with van der Waals surface area (Å²) in [6.45, 7) is 4.02. The van der Waals surface area contributed by atoms with Crippen molar-refractivity contribution in [2.24, 2.45) is 5.92 Å². The first kappa shape index (κ1) is 26.0. The Morgan fingerprint density at radius 2 is 1.30 bits per heavy atom. The largest absolute Gasteiger partial charge is 0.365 e. The Kier molecular flexibility index (Phi) is 6.75. The van der Waals surface area contributed by atoms with Crippen LogP contribution in [-0.2, 0) is 5.41 Å². The van der Waals surface area contributed by atoms with Crippen molar-refractivity contribution in [2.45, 2.75) is 31.5 Å². The highest BCUT2D eigenvalue weighted by molar-refractivity contribution is 5.87. The Bertz CT molecular complexity index is 1670. The topological polar surface area (TPSA) is 3.24 Å². The number of para-hydroxylation sites is 1. The van der Waals surface area contributed by atoms with Crippen LogP contribution in [-0.4, -0.2) is 19.3 Å². The normalized spacial score (nSPS) is 22.6. The fourth-order valence-electron chi connectivity index (χ4n) is 6.44. The molecule has 4 atom stereocenters. The van der Waals surface area contributed by atoms with E-state index in [1.807, 2.05) is 50.4 Å². The van der Waals surface area contributed by atoms with E-state index < -0.39 is 17.6 Å². The maximum atomic E-state index is 16.7. The van der Waals surface area contributed by atoms with Gasteiger partial charge in [-0.15, -0.1) is 0 Å². The number of likely N-dealkylation sites (N-methyl/N-ethyl adjacent to an activating group) is 1. The number of benzene rings is 5. The molecule has 0 N–H and O–H groups in total. The molecule has 6 rings (SSSR count). The van der Waals surface area contributed by atoms with Crippen LogP contribution in [0, 0.1) is 11.7 Å². The molecular weight excluding hydrogens is 496 g/mol. The van der Waals surface area contributed by atoms with Crippen molar-refractivity contribution >= 4 is 22.0 Å². The van der Waals surface area contributed by atoms with Gasteiger partial charge in [0.1, 0.15) is 12.0 Å². The van der Waals surface area contributed by atoms with Crippen LogP contribution >= 0.6 is 0 Å². The highest BCUT2D eigenvalue weighted by atomic mass is 19.1. The predicted octanol–water partition coefficient (Wildman–Crippen LogP) is 9.48. The molecule has 3 heteroatoms. The van der Waals surface area contributed by atoms with Crippen LogP contribution in [0.4, 0.5) is 14.5 Å². The van der Waals surface area contributed by atoms with Gasteiger partial charge in [-0.2, -0.15) is 0 Å². The van der Waals surface area contributed by atoms with Crippen LogP contribution in [0.15, 0.2) is 127 Å². The summed E-state index contributed by atoms with van der Waals surface area (Å²) in [5.41, 5.74) is 4.90. The molecule has 0 aromatic heterocycles. The monoisotopic (exact) mass is 529 g/mol. The van der Waals surface area contributed by atoms with Crippen molar-refractivity contribution in [3.63, 3.8) is 0 Å². The maximum Gasteiger partial charge on any atom is 0.146 e. The quantitative estimate of drug-likeness (QED) is 0.219. The summed E-state index contributed by atoms with van der Waals surface area (Å²) < 4.78 is 31.7. The highest BCUT2D eigenvalue weighted by Gasteiger charge is 2.49. The first-order chi connectivity index (χ1) is 19.4. The van der Waals surface area contributed by atoms with Crippen molar-refractivity contribution in [1.82, 2.24) is 0 Å². The Hall–Kier alpha value is -4.24. The van der Waals surface area contributed by atoms with Gasteiger partial charge in [0.25, 0.3) is 0 Å². The molecule has 0 saturated heterocycles. The molecule has 0 bridgehead atoms. The third-order valence-corrected chi connectivity index (χ3v) is 8.69. The number of hydrogen-bond donors (Lipinski definition) is 0. The zero-order valence-electron chi connectivity index (χ0n) is 23.1. The number of halogens is 2. The standard InChI is InChI=1S/C37H33F2N/c1-25-32(28-12-5-4-6-13-28)24-37(2,36(35(25)39)40(3)34-16-10-9-15-33(34)38)31-21-19-27(20-22-31)30-18-17-26-11-7-8-14-29(26)23-30/h4-25,35-36H,1-3H3. The van der Waals surface area contributed by atoms with Gasteiger partial charge in [0.05, 0.1) is 11.7 Å². The molecular formula is C37H33F2N. The molecule has 0 spiro atoms. The average Bonchev–Trinajstić information content (AvgIpc) is 2.99. The molecule has 40 heavy (non-hydrogen) atoms. The first-order valence-corrected chi connectivity index (χ1v) is 13.9. The summed E-state index contributed by atoms with van der Waals surface area (Å²) in [6.07, 6.45) is 0.992. The molecule has 4 unspecified atom stereocenters. The average molecular weight is 530 g/mol. The van der Waals surface area contributed by atoms with Crippen LogP contribution in [0.3, 0.4) is 0 Å². The van der Waals surface area contributed by atoms with Crippen LogP contribution in [0.1, 0.15) is 25.0 Å². The van der Waals surface area contributed by atoms with Crippen LogP contribution in [0.5, 0.6) is 0 Å². The lowest BCUT2D eigenvalue weighted by atomic mass is 9.64. The molecule has 0 amide bonds. The van der Waals surface area contributed by atoms with E-state index in [4.69, 9.17) is 0 Å². The van der Waals surface area contributed by atoms with Gasteiger partial charge >= 0.3 is 0 Å². The minimum Gasteiger partial charge on any atom is -0.365 e. The molecule has 0 radical (unpaired) electrons. The second-order valence-corrected chi connectivity index (χ2v) is 11.1. The van der Waals surface area contributed by atoms with Crippen molar-refractivity contribution in [1.29, 1.82) is 0 Å². The van der Waals surface area contributed by atoms with Gasteiger partial charge < -0.3 is 4.90 Å². The summed E-state index contributed by atoms with van der Waals surface area (Å²) >= 11 is 0. The van der Waals surface area contributed by atoms with Gasteiger partial charge in [-0.1, -0.05) is 116 Å². The maximum absolute atomic E-state index is 16.7. The number of anilines is 1. The summed E-state index contributed by atoms with van der Waals surface area (Å²) in [7, 11) is 1.81. The fraction of sp³-hybridized carbons (Fsp3) is 0.189. The van der Waals surface area contributed by atoms with Gasteiger partial charge in [0.15, 0.2) is 0 Å². The van der Waals surface area contributed by atoms with E-state index in [1.165, 1.54) is 16.8 Å². The predicted molar refractivity (Wildman–Crippen MR) is 164 cm³/mol. The third-order valence-electron chi connectivity index (χ3n) is 8.69. The van der Waals surface area contributed by atoms with E-state index >= 15 is 4.39 Å². The van der Waals surface area contributed by atoms with E-state index in [2.05, 4.69) is 73.7 Å². The molecule has 1 nitrogen and oxygen atoms in total. The number of rotatable bonds is 5.